The minimum Gasteiger partial charge on any atom is -0.493 e. The second-order valence-corrected chi connectivity index (χ2v) is 4.84. The van der Waals surface area contributed by atoms with E-state index in [0.29, 0.717) is 19.5 Å². The van der Waals surface area contributed by atoms with Gasteiger partial charge in [0.15, 0.2) is 18.1 Å². The fourth-order valence-corrected chi connectivity index (χ4v) is 1.82. The van der Waals surface area contributed by atoms with E-state index in [9.17, 15) is 18.0 Å². The number of likely N-dealkylation sites (N-methyl/N-ethyl adjacent to an activating group) is 1. The molecule has 0 bridgehead atoms. The van der Waals surface area contributed by atoms with Crippen LogP contribution >= 0.6 is 12.4 Å². The number of amides is 1. The van der Waals surface area contributed by atoms with Crippen LogP contribution in [0.15, 0.2) is 18.2 Å². The van der Waals surface area contributed by atoms with Gasteiger partial charge < -0.3 is 20.1 Å². The van der Waals surface area contributed by atoms with Crippen LogP contribution in [0.1, 0.15) is 12.0 Å². The van der Waals surface area contributed by atoms with E-state index >= 15 is 0 Å². The summed E-state index contributed by atoms with van der Waals surface area (Å²) in [6.07, 6.45) is -3.66. The molecule has 0 atom stereocenters. The van der Waals surface area contributed by atoms with Crippen LogP contribution in [0.3, 0.4) is 0 Å². The van der Waals surface area contributed by atoms with Crippen molar-refractivity contribution in [2.24, 2.45) is 0 Å². The largest absolute Gasteiger partial charge is 0.493 e. The molecule has 1 amide bonds. The second-order valence-electron chi connectivity index (χ2n) is 4.84. The number of rotatable bonds is 9. The maximum absolute atomic E-state index is 12.2. The lowest BCUT2D eigenvalue weighted by atomic mass is 10.1. The van der Waals surface area contributed by atoms with Crippen LogP contribution in [0.4, 0.5) is 13.2 Å². The fourth-order valence-electron chi connectivity index (χ4n) is 1.82. The lowest BCUT2D eigenvalue weighted by Gasteiger charge is -2.13. The zero-order chi connectivity index (χ0) is 17.3. The van der Waals surface area contributed by atoms with Gasteiger partial charge >= 0.3 is 6.18 Å². The summed E-state index contributed by atoms with van der Waals surface area (Å²) >= 11 is 0. The lowest BCUT2D eigenvalue weighted by molar-refractivity contribution is -0.153. The summed E-state index contributed by atoms with van der Waals surface area (Å²) < 4.78 is 46.3. The molecule has 1 rings (SSSR count). The van der Waals surface area contributed by atoms with Crippen molar-refractivity contribution in [2.75, 3.05) is 33.9 Å². The Morgan fingerprint density at radius 2 is 1.92 bits per heavy atom. The summed E-state index contributed by atoms with van der Waals surface area (Å²) in [5.74, 6) is 0.144. The molecule has 0 spiro atoms. The molecular formula is C15H22ClF3N2O3. The number of halogens is 4. The van der Waals surface area contributed by atoms with E-state index in [1.54, 1.807) is 19.2 Å². The predicted octanol–water partition coefficient (Wildman–Crippen LogP) is 2.33. The molecule has 0 saturated carbocycles. The number of nitrogens with one attached hydrogen (secondary N) is 2. The monoisotopic (exact) mass is 370 g/mol. The molecular weight excluding hydrogens is 349 g/mol. The Kier molecular flexibility index (Phi) is 10.2. The highest BCUT2D eigenvalue weighted by atomic mass is 35.5. The SMILES string of the molecule is CNCCNC(=O)CCc1ccc(OCC(F)(F)F)c(OC)c1.Cl. The van der Waals surface area contributed by atoms with Crippen molar-refractivity contribution in [1.29, 1.82) is 0 Å². The van der Waals surface area contributed by atoms with Gasteiger partial charge in [0, 0.05) is 19.5 Å². The molecule has 24 heavy (non-hydrogen) atoms. The number of alkyl halides is 3. The Balaban J connectivity index is 0.00000529. The van der Waals surface area contributed by atoms with Crippen molar-refractivity contribution >= 4 is 18.3 Å². The summed E-state index contributed by atoms with van der Waals surface area (Å²) in [6.45, 7) is -0.149. The molecule has 1 aromatic carbocycles. The van der Waals surface area contributed by atoms with Crippen LogP contribution in [0, 0.1) is 0 Å². The maximum atomic E-state index is 12.2. The number of hydrogen-bond donors (Lipinski definition) is 2. The smallest absolute Gasteiger partial charge is 0.422 e. The van der Waals surface area contributed by atoms with Crippen molar-refractivity contribution in [3.05, 3.63) is 23.8 Å². The van der Waals surface area contributed by atoms with Gasteiger partial charge in [-0.1, -0.05) is 6.07 Å². The van der Waals surface area contributed by atoms with Gasteiger partial charge in [-0.05, 0) is 31.2 Å². The zero-order valence-corrected chi connectivity index (χ0v) is 14.4. The molecule has 0 aliphatic rings. The molecule has 2 N–H and O–H groups in total. The second kappa shape index (κ2) is 11.0. The third-order valence-corrected chi connectivity index (χ3v) is 2.96. The van der Waals surface area contributed by atoms with E-state index in [0.717, 1.165) is 5.56 Å². The zero-order valence-electron chi connectivity index (χ0n) is 13.5. The Bertz CT molecular complexity index is 513. The molecule has 1 aromatic rings. The highest BCUT2D eigenvalue weighted by Crippen LogP contribution is 2.30. The van der Waals surface area contributed by atoms with Crippen molar-refractivity contribution in [3.8, 4) is 11.5 Å². The van der Waals surface area contributed by atoms with Crippen LogP contribution in [0.5, 0.6) is 11.5 Å². The van der Waals surface area contributed by atoms with E-state index in [2.05, 4.69) is 10.6 Å². The third-order valence-electron chi connectivity index (χ3n) is 2.96. The van der Waals surface area contributed by atoms with Gasteiger partial charge in [-0.2, -0.15) is 13.2 Å². The number of carbonyl (C=O) groups is 1. The van der Waals surface area contributed by atoms with Crippen LogP contribution in [-0.2, 0) is 11.2 Å². The first kappa shape index (κ1) is 22.3. The predicted molar refractivity (Wildman–Crippen MR) is 87.0 cm³/mol. The molecule has 138 valence electrons. The minimum absolute atomic E-state index is 0. The fraction of sp³-hybridized carbons (Fsp3) is 0.533. The first-order valence-electron chi connectivity index (χ1n) is 7.13. The van der Waals surface area contributed by atoms with Gasteiger partial charge in [0.2, 0.25) is 5.91 Å². The highest BCUT2D eigenvalue weighted by Gasteiger charge is 2.29. The standard InChI is InChI=1S/C15H21F3N2O3.ClH/c1-19-7-8-20-14(21)6-4-11-3-5-12(13(9-11)22-2)23-10-15(16,17)18;/h3,5,9,19H,4,6-8,10H2,1-2H3,(H,20,21);1H. The van der Waals surface area contributed by atoms with E-state index in [1.807, 2.05) is 0 Å². The number of aryl methyl sites for hydroxylation is 1. The number of benzene rings is 1. The van der Waals surface area contributed by atoms with Crippen molar-refractivity contribution < 1.29 is 27.4 Å². The first-order chi connectivity index (χ1) is 10.9. The van der Waals surface area contributed by atoms with Gasteiger partial charge in [-0.15, -0.1) is 12.4 Å². The van der Waals surface area contributed by atoms with Crippen molar-refractivity contribution in [1.82, 2.24) is 10.6 Å². The number of ether oxygens (including phenoxy) is 2. The Morgan fingerprint density at radius 1 is 1.21 bits per heavy atom. The molecule has 5 nitrogen and oxygen atoms in total. The minimum atomic E-state index is -4.41. The summed E-state index contributed by atoms with van der Waals surface area (Å²) in [5, 5.41) is 5.66. The lowest BCUT2D eigenvalue weighted by Crippen LogP contribution is -2.30. The van der Waals surface area contributed by atoms with Gasteiger partial charge in [0.25, 0.3) is 0 Å². The number of carbonyl (C=O) groups excluding carboxylic acids is 1. The average molecular weight is 371 g/mol. The Hall–Kier alpha value is -1.67. The normalized spacial score (nSPS) is 10.7. The Morgan fingerprint density at radius 3 is 2.50 bits per heavy atom. The molecule has 0 unspecified atom stereocenters. The molecule has 0 fully saturated rings. The van der Waals surface area contributed by atoms with Crippen molar-refractivity contribution in [3.63, 3.8) is 0 Å². The number of hydrogen-bond acceptors (Lipinski definition) is 4. The molecule has 0 radical (unpaired) electrons. The summed E-state index contributed by atoms with van der Waals surface area (Å²) in [6, 6.07) is 4.61. The first-order valence-corrected chi connectivity index (χ1v) is 7.13. The molecule has 9 heteroatoms. The van der Waals surface area contributed by atoms with Crippen molar-refractivity contribution in [2.45, 2.75) is 19.0 Å². The van der Waals surface area contributed by atoms with E-state index < -0.39 is 12.8 Å². The van der Waals surface area contributed by atoms with E-state index in [1.165, 1.54) is 13.2 Å². The maximum Gasteiger partial charge on any atom is 0.422 e. The van der Waals surface area contributed by atoms with Crippen LogP contribution in [0.25, 0.3) is 0 Å². The topological polar surface area (TPSA) is 59.6 Å². The molecule has 0 aliphatic carbocycles. The highest BCUT2D eigenvalue weighted by molar-refractivity contribution is 5.85. The molecule has 0 heterocycles. The molecule has 0 aliphatic heterocycles. The third kappa shape index (κ3) is 8.83. The Labute approximate surface area is 145 Å². The van der Waals surface area contributed by atoms with E-state index in [4.69, 9.17) is 9.47 Å². The summed E-state index contributed by atoms with van der Waals surface area (Å²) in [5.41, 5.74) is 0.782. The van der Waals surface area contributed by atoms with Gasteiger partial charge in [-0.3, -0.25) is 4.79 Å². The van der Waals surface area contributed by atoms with Crippen LogP contribution in [-0.4, -0.2) is 45.9 Å². The summed E-state index contributed by atoms with van der Waals surface area (Å²) in [4.78, 5) is 11.6. The van der Waals surface area contributed by atoms with Crippen LogP contribution in [0.2, 0.25) is 0 Å². The number of methoxy groups -OCH3 is 1. The van der Waals surface area contributed by atoms with Crippen LogP contribution < -0.4 is 20.1 Å². The van der Waals surface area contributed by atoms with Gasteiger partial charge in [-0.25, -0.2) is 0 Å². The van der Waals surface area contributed by atoms with E-state index in [-0.39, 0.29) is 36.2 Å². The van der Waals surface area contributed by atoms with Gasteiger partial charge in [0.1, 0.15) is 0 Å². The van der Waals surface area contributed by atoms with Gasteiger partial charge in [0.05, 0.1) is 7.11 Å². The summed E-state index contributed by atoms with van der Waals surface area (Å²) in [7, 11) is 3.14. The quantitative estimate of drug-likeness (QED) is 0.655. The average Bonchev–Trinajstić information content (AvgIpc) is 2.50. The molecule has 0 aromatic heterocycles. The molecule has 0 saturated heterocycles.